The van der Waals surface area contributed by atoms with Crippen molar-refractivity contribution in [2.75, 3.05) is 61.5 Å². The van der Waals surface area contributed by atoms with Crippen LogP contribution < -0.4 is 15.5 Å². The average molecular weight is 432 g/mol. The Hall–Kier alpha value is -2.43. The monoisotopic (exact) mass is 431 g/mol. The molecule has 0 atom stereocenters. The lowest BCUT2D eigenvalue weighted by molar-refractivity contribution is -0.0735. The van der Waals surface area contributed by atoms with Gasteiger partial charge in [0.15, 0.2) is 0 Å². The minimum Gasteiger partial charge on any atom is -0.477 e. The average Bonchev–Trinajstić information content (AvgIpc) is 3.21. The van der Waals surface area contributed by atoms with Crippen LogP contribution >= 0.6 is 11.3 Å². The molecule has 2 aromatic rings. The molecule has 2 aromatic heterocycles. The maximum absolute atomic E-state index is 11.4. The van der Waals surface area contributed by atoms with Gasteiger partial charge in [-0.25, -0.2) is 4.79 Å². The quantitative estimate of drug-likeness (QED) is 0.750. The van der Waals surface area contributed by atoms with Gasteiger partial charge in [-0.05, 0) is 30.9 Å². The number of anilines is 3. The van der Waals surface area contributed by atoms with E-state index in [1.54, 1.807) is 0 Å². The maximum atomic E-state index is 11.4. The van der Waals surface area contributed by atoms with Gasteiger partial charge in [-0.3, -0.25) is 0 Å². The van der Waals surface area contributed by atoms with Crippen molar-refractivity contribution in [3.8, 4) is 0 Å². The number of piperidine rings is 1. The molecule has 0 aliphatic carbocycles. The molecule has 2 saturated heterocycles. The van der Waals surface area contributed by atoms with Crippen LogP contribution in [0.5, 0.6) is 0 Å². The third-order valence-corrected chi connectivity index (χ3v) is 7.44. The zero-order valence-electron chi connectivity index (χ0n) is 16.7. The lowest BCUT2D eigenvalue weighted by atomic mass is 9.85. The lowest BCUT2D eigenvalue weighted by Gasteiger charge is -2.44. The summed E-state index contributed by atoms with van der Waals surface area (Å²) in [6.45, 7) is 5.00. The SMILES string of the molecule is Nc1cc(N2CCC3(CC2)OCCc2cc(C(=O)O)sc23)nc(N2CCOCC2)n1. The number of carboxylic acids is 1. The van der Waals surface area contributed by atoms with E-state index >= 15 is 0 Å². The van der Waals surface area contributed by atoms with Gasteiger partial charge in [0.25, 0.3) is 0 Å². The molecular formula is C20H25N5O4S. The van der Waals surface area contributed by atoms with Crippen LogP contribution in [-0.4, -0.2) is 67.0 Å². The van der Waals surface area contributed by atoms with E-state index in [1.165, 1.54) is 11.3 Å². The number of carboxylic acid groups (broad SMARTS) is 1. The van der Waals surface area contributed by atoms with E-state index in [0.717, 1.165) is 61.7 Å². The molecule has 0 aromatic carbocycles. The molecule has 0 saturated carbocycles. The van der Waals surface area contributed by atoms with Gasteiger partial charge in [0.1, 0.15) is 22.1 Å². The Morgan fingerprint density at radius 3 is 2.60 bits per heavy atom. The summed E-state index contributed by atoms with van der Waals surface area (Å²) in [5, 5.41) is 9.39. The van der Waals surface area contributed by atoms with Gasteiger partial charge in [0.05, 0.1) is 19.8 Å². The highest BCUT2D eigenvalue weighted by molar-refractivity contribution is 7.14. The fourth-order valence-corrected chi connectivity index (χ4v) is 5.75. The second-order valence-corrected chi connectivity index (χ2v) is 8.95. The number of aromatic carboxylic acids is 1. The summed E-state index contributed by atoms with van der Waals surface area (Å²) < 4.78 is 11.7. The second kappa shape index (κ2) is 7.68. The Morgan fingerprint density at radius 1 is 1.10 bits per heavy atom. The number of hydrogen-bond donors (Lipinski definition) is 2. The Labute approximate surface area is 178 Å². The zero-order valence-corrected chi connectivity index (χ0v) is 17.5. The highest BCUT2D eigenvalue weighted by Crippen LogP contribution is 2.46. The van der Waals surface area contributed by atoms with E-state index in [-0.39, 0.29) is 0 Å². The number of aromatic nitrogens is 2. The Bertz CT molecular complexity index is 951. The van der Waals surface area contributed by atoms with Crippen molar-refractivity contribution in [1.82, 2.24) is 9.97 Å². The van der Waals surface area contributed by atoms with Gasteiger partial charge in [-0.1, -0.05) is 0 Å². The van der Waals surface area contributed by atoms with Crippen LogP contribution in [0.4, 0.5) is 17.6 Å². The molecule has 3 aliphatic heterocycles. The van der Waals surface area contributed by atoms with Crippen LogP contribution in [0.1, 0.15) is 33.0 Å². The smallest absolute Gasteiger partial charge is 0.345 e. The highest BCUT2D eigenvalue weighted by atomic mass is 32.1. The molecule has 0 amide bonds. The predicted octanol–water partition coefficient (Wildman–Crippen LogP) is 1.72. The van der Waals surface area contributed by atoms with Crippen molar-refractivity contribution in [1.29, 1.82) is 0 Å². The molecule has 0 unspecified atom stereocenters. The van der Waals surface area contributed by atoms with Gasteiger partial charge < -0.3 is 30.1 Å². The molecule has 5 rings (SSSR count). The van der Waals surface area contributed by atoms with Crippen molar-refractivity contribution >= 4 is 34.9 Å². The minimum absolute atomic E-state index is 0.394. The fourth-order valence-electron chi connectivity index (χ4n) is 4.50. The molecule has 3 N–H and O–H groups in total. The topological polar surface area (TPSA) is 114 Å². The van der Waals surface area contributed by atoms with Crippen molar-refractivity contribution in [2.45, 2.75) is 24.9 Å². The van der Waals surface area contributed by atoms with E-state index < -0.39 is 11.6 Å². The molecule has 160 valence electrons. The number of nitrogens with two attached hydrogens (primary N) is 1. The Kier molecular flexibility index (Phi) is 5.00. The standard InChI is InChI=1S/C20H25N5O4S/c21-15-12-16(23-19(22-15)25-6-9-28-10-7-25)24-4-2-20(3-5-24)17-13(1-8-29-20)11-14(30-17)18(26)27/h11-12H,1-10H2,(H,26,27)(H2,21,22,23). The summed E-state index contributed by atoms with van der Waals surface area (Å²) in [5.74, 6) is 1.07. The molecule has 2 fully saturated rings. The number of hydrogen-bond acceptors (Lipinski definition) is 9. The summed E-state index contributed by atoms with van der Waals surface area (Å²) in [7, 11) is 0. The maximum Gasteiger partial charge on any atom is 0.345 e. The number of morpholine rings is 1. The second-order valence-electron chi connectivity index (χ2n) is 7.90. The summed E-state index contributed by atoms with van der Waals surface area (Å²) in [6.07, 6.45) is 2.35. The van der Waals surface area contributed by atoms with E-state index in [4.69, 9.17) is 20.2 Å². The zero-order chi connectivity index (χ0) is 20.7. The number of rotatable bonds is 3. The van der Waals surface area contributed by atoms with Gasteiger partial charge in [-0.2, -0.15) is 9.97 Å². The first-order valence-electron chi connectivity index (χ1n) is 10.3. The van der Waals surface area contributed by atoms with Crippen molar-refractivity contribution in [2.24, 2.45) is 0 Å². The molecule has 3 aliphatic rings. The number of nitrogens with zero attached hydrogens (tertiary/aromatic N) is 4. The van der Waals surface area contributed by atoms with Gasteiger partial charge >= 0.3 is 5.97 Å². The third kappa shape index (κ3) is 3.48. The van der Waals surface area contributed by atoms with Gasteiger partial charge in [-0.15, -0.1) is 11.3 Å². The molecular weight excluding hydrogens is 406 g/mol. The van der Waals surface area contributed by atoms with Crippen molar-refractivity contribution in [3.63, 3.8) is 0 Å². The Morgan fingerprint density at radius 2 is 1.87 bits per heavy atom. The summed E-state index contributed by atoms with van der Waals surface area (Å²) in [6, 6.07) is 3.64. The van der Waals surface area contributed by atoms with Crippen LogP contribution in [0.15, 0.2) is 12.1 Å². The number of fused-ring (bicyclic) bond motifs is 2. The van der Waals surface area contributed by atoms with Crippen molar-refractivity contribution < 1.29 is 19.4 Å². The lowest BCUT2D eigenvalue weighted by Crippen LogP contribution is -2.46. The van der Waals surface area contributed by atoms with Crippen molar-refractivity contribution in [3.05, 3.63) is 27.5 Å². The van der Waals surface area contributed by atoms with E-state index in [9.17, 15) is 9.90 Å². The van der Waals surface area contributed by atoms with Crippen LogP contribution in [0.25, 0.3) is 0 Å². The first kappa shape index (κ1) is 19.5. The van der Waals surface area contributed by atoms with E-state index in [0.29, 0.717) is 36.5 Å². The first-order chi connectivity index (χ1) is 14.5. The molecule has 5 heterocycles. The summed E-state index contributed by atoms with van der Waals surface area (Å²) in [4.78, 5) is 26.4. The first-order valence-corrected chi connectivity index (χ1v) is 11.1. The van der Waals surface area contributed by atoms with Gasteiger partial charge in [0, 0.05) is 37.1 Å². The normalized spacial score (nSPS) is 20.9. The Balaban J connectivity index is 1.36. The number of thiophene rings is 1. The number of carbonyl (C=O) groups is 1. The highest BCUT2D eigenvalue weighted by Gasteiger charge is 2.43. The van der Waals surface area contributed by atoms with E-state index in [1.807, 2.05) is 12.1 Å². The van der Waals surface area contributed by atoms with Crippen LogP contribution in [0, 0.1) is 0 Å². The molecule has 10 heteroatoms. The summed E-state index contributed by atoms with van der Waals surface area (Å²) >= 11 is 1.36. The summed E-state index contributed by atoms with van der Waals surface area (Å²) in [5.41, 5.74) is 6.82. The largest absolute Gasteiger partial charge is 0.477 e. The molecule has 9 nitrogen and oxygen atoms in total. The molecule has 0 radical (unpaired) electrons. The molecule has 1 spiro atoms. The van der Waals surface area contributed by atoms with Crippen LogP contribution in [0.2, 0.25) is 0 Å². The number of ether oxygens (including phenoxy) is 2. The fraction of sp³-hybridized carbons (Fsp3) is 0.550. The molecule has 30 heavy (non-hydrogen) atoms. The van der Waals surface area contributed by atoms with Crippen LogP contribution in [-0.2, 0) is 21.5 Å². The minimum atomic E-state index is -0.867. The predicted molar refractivity (Wildman–Crippen MR) is 114 cm³/mol. The van der Waals surface area contributed by atoms with E-state index in [2.05, 4.69) is 14.8 Å². The number of nitrogen functional groups attached to an aromatic ring is 1. The van der Waals surface area contributed by atoms with Gasteiger partial charge in [0.2, 0.25) is 5.95 Å². The third-order valence-electron chi connectivity index (χ3n) is 6.09. The molecule has 0 bridgehead atoms. The van der Waals surface area contributed by atoms with Crippen LogP contribution in [0.3, 0.4) is 0 Å².